The van der Waals surface area contributed by atoms with Gasteiger partial charge in [0.1, 0.15) is 11.6 Å². The summed E-state index contributed by atoms with van der Waals surface area (Å²) in [6.45, 7) is 6.34. The lowest BCUT2D eigenvalue weighted by Gasteiger charge is -2.35. The van der Waals surface area contributed by atoms with Gasteiger partial charge >= 0.3 is 0 Å². The van der Waals surface area contributed by atoms with Gasteiger partial charge in [-0.25, -0.2) is 4.39 Å². The molecule has 1 aromatic carbocycles. The van der Waals surface area contributed by atoms with E-state index in [1.807, 2.05) is 6.92 Å². The van der Waals surface area contributed by atoms with E-state index < -0.39 is 0 Å². The number of fused-ring (bicyclic) bond motifs is 1. The van der Waals surface area contributed by atoms with E-state index in [0.29, 0.717) is 5.56 Å². The maximum atomic E-state index is 13.0. The van der Waals surface area contributed by atoms with E-state index in [2.05, 4.69) is 19.2 Å². The summed E-state index contributed by atoms with van der Waals surface area (Å²) < 4.78 is 18.6. The zero-order valence-corrected chi connectivity index (χ0v) is 13.1. The number of rotatable bonds is 2. The highest BCUT2D eigenvalue weighted by atomic mass is 19.1. The van der Waals surface area contributed by atoms with Crippen LogP contribution in [0.15, 0.2) is 34.9 Å². The molecule has 1 heterocycles. The molecule has 3 nitrogen and oxygen atoms in total. The van der Waals surface area contributed by atoms with Crippen molar-refractivity contribution in [2.45, 2.75) is 39.7 Å². The van der Waals surface area contributed by atoms with E-state index in [-0.39, 0.29) is 23.2 Å². The monoisotopic (exact) mass is 301 g/mol. The van der Waals surface area contributed by atoms with Gasteiger partial charge < -0.3 is 9.73 Å². The van der Waals surface area contributed by atoms with Crippen molar-refractivity contribution in [2.75, 3.05) is 0 Å². The number of aryl methyl sites for hydroxylation is 1. The first-order valence-electron chi connectivity index (χ1n) is 7.49. The highest BCUT2D eigenvalue weighted by molar-refractivity contribution is 5.94. The fourth-order valence-corrected chi connectivity index (χ4v) is 3.24. The number of carbonyl (C=O) groups is 1. The summed E-state index contributed by atoms with van der Waals surface area (Å²) in [7, 11) is 0. The Morgan fingerprint density at radius 2 is 2.00 bits per heavy atom. The minimum atomic E-state index is -0.344. The SMILES string of the molecule is Cc1coc2c1C(NC(=O)c1ccc(F)cc1)CC(C)(C)C2. The summed E-state index contributed by atoms with van der Waals surface area (Å²) in [5.41, 5.74) is 2.69. The third kappa shape index (κ3) is 2.78. The molecule has 0 radical (unpaired) electrons. The standard InChI is InChI=1S/C18H20FNO2/c1-11-10-22-15-9-18(2,3)8-14(16(11)15)20-17(21)12-4-6-13(19)7-5-12/h4-7,10,14H,8-9H2,1-3H3,(H,20,21). The van der Waals surface area contributed by atoms with Crippen LogP contribution in [-0.2, 0) is 6.42 Å². The van der Waals surface area contributed by atoms with Crippen molar-refractivity contribution in [1.82, 2.24) is 5.32 Å². The van der Waals surface area contributed by atoms with Gasteiger partial charge in [-0.1, -0.05) is 13.8 Å². The third-order valence-electron chi connectivity index (χ3n) is 4.26. The van der Waals surface area contributed by atoms with Gasteiger partial charge in [0.15, 0.2) is 0 Å². The number of hydrogen-bond donors (Lipinski definition) is 1. The minimum absolute atomic E-state index is 0.0675. The van der Waals surface area contributed by atoms with Gasteiger partial charge in [-0.05, 0) is 48.6 Å². The fraction of sp³-hybridized carbons (Fsp3) is 0.389. The Labute approximate surface area is 129 Å². The smallest absolute Gasteiger partial charge is 0.251 e. The molecule has 3 rings (SSSR count). The lowest BCUT2D eigenvalue weighted by molar-refractivity contribution is 0.0917. The molecule has 1 amide bonds. The van der Waals surface area contributed by atoms with E-state index in [1.165, 1.54) is 24.3 Å². The Morgan fingerprint density at radius 1 is 1.32 bits per heavy atom. The Kier molecular flexibility index (Phi) is 3.55. The molecule has 1 aliphatic rings. The first kappa shape index (κ1) is 14.8. The lowest BCUT2D eigenvalue weighted by Crippen LogP contribution is -2.36. The van der Waals surface area contributed by atoms with Crippen molar-refractivity contribution in [1.29, 1.82) is 0 Å². The first-order valence-corrected chi connectivity index (χ1v) is 7.49. The van der Waals surface area contributed by atoms with Gasteiger partial charge in [0.2, 0.25) is 0 Å². The second-order valence-electron chi connectivity index (χ2n) is 6.83. The number of amides is 1. The zero-order valence-electron chi connectivity index (χ0n) is 13.1. The second kappa shape index (κ2) is 5.27. The number of benzene rings is 1. The molecule has 1 atom stereocenters. The van der Waals surface area contributed by atoms with E-state index in [9.17, 15) is 9.18 Å². The van der Waals surface area contributed by atoms with Gasteiger partial charge in [0.05, 0.1) is 12.3 Å². The van der Waals surface area contributed by atoms with Gasteiger partial charge in [0.25, 0.3) is 5.91 Å². The predicted octanol–water partition coefficient (Wildman–Crippen LogP) is 4.17. The Morgan fingerprint density at radius 3 is 2.68 bits per heavy atom. The number of nitrogens with one attached hydrogen (secondary N) is 1. The Balaban J connectivity index is 1.86. The van der Waals surface area contributed by atoms with Crippen molar-refractivity contribution in [2.24, 2.45) is 5.41 Å². The molecule has 0 fully saturated rings. The van der Waals surface area contributed by atoms with E-state index >= 15 is 0 Å². The first-order chi connectivity index (χ1) is 10.4. The molecule has 116 valence electrons. The average Bonchev–Trinajstić information content (AvgIpc) is 2.79. The topological polar surface area (TPSA) is 42.2 Å². The average molecular weight is 301 g/mol. The summed E-state index contributed by atoms with van der Waals surface area (Å²) in [4.78, 5) is 12.4. The third-order valence-corrected chi connectivity index (χ3v) is 4.26. The summed E-state index contributed by atoms with van der Waals surface area (Å²) in [6.07, 6.45) is 3.48. The number of halogens is 1. The molecule has 0 spiro atoms. The maximum Gasteiger partial charge on any atom is 0.251 e. The van der Waals surface area contributed by atoms with Crippen LogP contribution in [0.3, 0.4) is 0 Å². The molecule has 1 unspecified atom stereocenters. The van der Waals surface area contributed by atoms with Crippen molar-refractivity contribution >= 4 is 5.91 Å². The van der Waals surface area contributed by atoms with Gasteiger partial charge in [-0.15, -0.1) is 0 Å². The van der Waals surface area contributed by atoms with E-state index in [4.69, 9.17) is 4.42 Å². The molecule has 0 saturated heterocycles. The molecule has 4 heteroatoms. The molecule has 1 aromatic heterocycles. The van der Waals surface area contributed by atoms with Crippen LogP contribution in [0.5, 0.6) is 0 Å². The quantitative estimate of drug-likeness (QED) is 0.904. The van der Waals surface area contributed by atoms with Crippen LogP contribution in [0.4, 0.5) is 4.39 Å². The fourth-order valence-electron chi connectivity index (χ4n) is 3.24. The highest BCUT2D eigenvalue weighted by Gasteiger charge is 2.36. The normalized spacial score (nSPS) is 19.5. The van der Waals surface area contributed by atoms with Crippen LogP contribution in [0.2, 0.25) is 0 Å². The number of hydrogen-bond acceptors (Lipinski definition) is 2. The summed E-state index contributed by atoms with van der Waals surface area (Å²) in [5.74, 6) is 0.427. The van der Waals surface area contributed by atoms with Gasteiger partial charge in [-0.2, -0.15) is 0 Å². The molecule has 1 aliphatic carbocycles. The van der Waals surface area contributed by atoms with Crippen molar-refractivity contribution in [3.8, 4) is 0 Å². The number of furan rings is 1. The van der Waals surface area contributed by atoms with E-state index in [1.54, 1.807) is 6.26 Å². The Hall–Kier alpha value is -2.10. The van der Waals surface area contributed by atoms with Gasteiger partial charge in [0, 0.05) is 17.5 Å². The summed E-state index contributed by atoms with van der Waals surface area (Å²) >= 11 is 0. The molecule has 1 N–H and O–H groups in total. The number of carbonyl (C=O) groups excluding carboxylic acids is 1. The largest absolute Gasteiger partial charge is 0.469 e. The molecular weight excluding hydrogens is 281 g/mol. The van der Waals surface area contributed by atoms with E-state index in [0.717, 1.165) is 29.7 Å². The maximum absolute atomic E-state index is 13.0. The van der Waals surface area contributed by atoms with Gasteiger partial charge in [-0.3, -0.25) is 4.79 Å². The van der Waals surface area contributed by atoms with Crippen LogP contribution in [0, 0.1) is 18.2 Å². The summed E-state index contributed by atoms with van der Waals surface area (Å²) in [6, 6.07) is 5.53. The highest BCUT2D eigenvalue weighted by Crippen LogP contribution is 2.42. The van der Waals surface area contributed by atoms with Crippen molar-refractivity contribution in [3.63, 3.8) is 0 Å². The molecular formula is C18H20FNO2. The second-order valence-corrected chi connectivity index (χ2v) is 6.83. The molecule has 22 heavy (non-hydrogen) atoms. The van der Waals surface area contributed by atoms with Crippen LogP contribution in [-0.4, -0.2) is 5.91 Å². The lowest BCUT2D eigenvalue weighted by atomic mass is 9.74. The molecule has 2 aromatic rings. The van der Waals surface area contributed by atoms with Crippen LogP contribution in [0.1, 0.15) is 53.6 Å². The van der Waals surface area contributed by atoms with Crippen LogP contribution >= 0.6 is 0 Å². The molecule has 0 aliphatic heterocycles. The van der Waals surface area contributed by atoms with Crippen LogP contribution in [0.25, 0.3) is 0 Å². The minimum Gasteiger partial charge on any atom is -0.469 e. The Bertz CT molecular complexity index is 700. The van der Waals surface area contributed by atoms with Crippen molar-refractivity contribution in [3.05, 3.63) is 58.8 Å². The van der Waals surface area contributed by atoms with Crippen LogP contribution < -0.4 is 5.32 Å². The summed E-state index contributed by atoms with van der Waals surface area (Å²) in [5, 5.41) is 3.07. The zero-order chi connectivity index (χ0) is 15.9. The predicted molar refractivity (Wildman–Crippen MR) is 82.2 cm³/mol. The van der Waals surface area contributed by atoms with Crippen molar-refractivity contribution < 1.29 is 13.6 Å². The molecule has 0 saturated carbocycles. The molecule has 0 bridgehead atoms.